The summed E-state index contributed by atoms with van der Waals surface area (Å²) in [6.07, 6.45) is 48.5. The van der Waals surface area contributed by atoms with Crippen molar-refractivity contribution in [3.05, 3.63) is 24.3 Å². The second-order valence-electron chi connectivity index (χ2n) is 15.7. The van der Waals surface area contributed by atoms with Crippen LogP contribution in [0.5, 0.6) is 0 Å². The summed E-state index contributed by atoms with van der Waals surface area (Å²) in [6.45, 7) is 4.83. The van der Waals surface area contributed by atoms with Crippen molar-refractivity contribution in [1.29, 1.82) is 0 Å². The lowest BCUT2D eigenvalue weighted by atomic mass is 10.0. The molecule has 0 aliphatic rings. The van der Waals surface area contributed by atoms with Crippen molar-refractivity contribution in [2.24, 2.45) is 0 Å². The number of rotatable bonds is 42. The summed E-state index contributed by atoms with van der Waals surface area (Å²) in [5.74, 6) is -0.119. The van der Waals surface area contributed by atoms with E-state index in [0.717, 1.165) is 77.0 Å². The van der Waals surface area contributed by atoms with E-state index in [1.165, 1.54) is 128 Å². The molecule has 0 aromatic carbocycles. The molecule has 0 aliphatic heterocycles. The van der Waals surface area contributed by atoms with Crippen LogP contribution in [-0.2, 0) is 14.3 Å². The molecule has 2 unspecified atom stereocenters. The Morgan fingerprint density at radius 2 is 0.887 bits per heavy atom. The van der Waals surface area contributed by atoms with Gasteiger partial charge in [-0.3, -0.25) is 9.59 Å². The third-order valence-electron chi connectivity index (χ3n) is 10.5. The van der Waals surface area contributed by atoms with E-state index >= 15 is 0 Å². The van der Waals surface area contributed by atoms with Crippen molar-refractivity contribution in [1.82, 2.24) is 5.32 Å². The predicted octanol–water partition coefficient (Wildman–Crippen LogP) is 13.2. The summed E-state index contributed by atoms with van der Waals surface area (Å²) in [6, 6.07) is -0.565. The third-order valence-corrected chi connectivity index (χ3v) is 10.5. The average Bonchev–Trinajstić information content (AvgIpc) is 3.16. The van der Waals surface area contributed by atoms with E-state index in [4.69, 9.17) is 4.74 Å². The number of ether oxygens (including phenoxy) is 1. The highest BCUT2D eigenvalue weighted by Gasteiger charge is 2.20. The minimum Gasteiger partial charge on any atom is -0.466 e. The Morgan fingerprint density at radius 3 is 1.34 bits per heavy atom. The fraction of sp³-hybridized carbons (Fsp3) is 0.872. The highest BCUT2D eigenvalue weighted by atomic mass is 16.5. The van der Waals surface area contributed by atoms with E-state index in [9.17, 15) is 19.8 Å². The fourth-order valence-electron chi connectivity index (χ4n) is 6.86. The zero-order valence-electron chi connectivity index (χ0n) is 35.2. The number of esters is 1. The first kappa shape index (κ1) is 51.3. The van der Waals surface area contributed by atoms with E-state index in [-0.39, 0.29) is 18.5 Å². The van der Waals surface area contributed by atoms with Crippen molar-refractivity contribution >= 4 is 11.9 Å². The summed E-state index contributed by atoms with van der Waals surface area (Å²) in [5, 5.41) is 23.0. The van der Waals surface area contributed by atoms with Crippen molar-refractivity contribution in [3.63, 3.8) is 0 Å². The smallest absolute Gasteiger partial charge is 0.305 e. The van der Waals surface area contributed by atoms with Gasteiger partial charge < -0.3 is 20.3 Å². The molecule has 6 heteroatoms. The Labute approximate surface area is 329 Å². The zero-order valence-corrected chi connectivity index (χ0v) is 35.2. The van der Waals surface area contributed by atoms with E-state index in [1.54, 1.807) is 0 Å². The number of hydrogen-bond acceptors (Lipinski definition) is 5. The van der Waals surface area contributed by atoms with Crippen molar-refractivity contribution in [3.8, 4) is 0 Å². The van der Waals surface area contributed by atoms with Crippen LogP contribution in [0.4, 0.5) is 0 Å². The molecule has 2 atom stereocenters. The Balaban J connectivity index is 3.53. The van der Waals surface area contributed by atoms with Gasteiger partial charge in [0.1, 0.15) is 0 Å². The lowest BCUT2D eigenvalue weighted by Gasteiger charge is -2.22. The van der Waals surface area contributed by atoms with Crippen molar-refractivity contribution < 1.29 is 24.5 Å². The van der Waals surface area contributed by atoms with Gasteiger partial charge in [-0.25, -0.2) is 0 Å². The van der Waals surface area contributed by atoms with Gasteiger partial charge >= 0.3 is 5.97 Å². The van der Waals surface area contributed by atoms with Crippen molar-refractivity contribution in [2.75, 3.05) is 13.2 Å². The number of unbranched alkanes of at least 4 members (excludes halogenated alkanes) is 27. The quantitative estimate of drug-likeness (QED) is 0.0328. The van der Waals surface area contributed by atoms with Crippen LogP contribution in [0.25, 0.3) is 0 Å². The summed E-state index contributed by atoms with van der Waals surface area (Å²) >= 11 is 0. The van der Waals surface area contributed by atoms with Gasteiger partial charge in [0, 0.05) is 12.8 Å². The number of carbonyl (C=O) groups is 2. The maximum absolute atomic E-state index is 12.4. The van der Waals surface area contributed by atoms with Crippen LogP contribution >= 0.6 is 0 Å². The van der Waals surface area contributed by atoms with Crippen LogP contribution in [-0.4, -0.2) is 47.4 Å². The molecule has 0 aliphatic carbocycles. The number of hydrogen-bond donors (Lipinski definition) is 3. The molecule has 0 aromatic heterocycles. The van der Waals surface area contributed by atoms with E-state index in [1.807, 2.05) is 0 Å². The minimum atomic E-state index is -0.684. The standard InChI is InChI=1S/C47H89NO5/c1-3-5-7-9-11-13-15-16-17-18-19-20-25-29-33-37-41-47(52)53-42-38-34-30-26-22-21-24-28-32-36-40-46(51)48-44(43-49)45(50)39-35-31-27-23-14-12-10-8-6-4-2/h17-18,22,26,44-45,49-50H,3-16,19-21,23-25,27-43H2,1-2H3,(H,48,51)/b18-17-,26-22-. The molecule has 0 saturated carbocycles. The molecule has 0 bridgehead atoms. The number of amides is 1. The molecule has 0 aromatic rings. The normalized spacial score (nSPS) is 12.9. The fourth-order valence-corrected chi connectivity index (χ4v) is 6.86. The Kier molecular flexibility index (Phi) is 41.7. The van der Waals surface area contributed by atoms with Crippen LogP contribution in [0.3, 0.4) is 0 Å². The van der Waals surface area contributed by atoms with Crippen LogP contribution < -0.4 is 5.32 Å². The van der Waals surface area contributed by atoms with Gasteiger partial charge in [-0.15, -0.1) is 0 Å². The predicted molar refractivity (Wildman–Crippen MR) is 227 cm³/mol. The van der Waals surface area contributed by atoms with Crippen LogP contribution in [0, 0.1) is 0 Å². The van der Waals surface area contributed by atoms with Crippen molar-refractivity contribution in [2.45, 2.75) is 251 Å². The molecule has 0 heterocycles. The van der Waals surface area contributed by atoms with E-state index in [2.05, 4.69) is 43.5 Å². The molecule has 0 radical (unpaired) electrons. The maximum Gasteiger partial charge on any atom is 0.305 e. The van der Waals surface area contributed by atoms with Gasteiger partial charge in [0.25, 0.3) is 0 Å². The molecule has 0 rings (SSSR count). The lowest BCUT2D eigenvalue weighted by molar-refractivity contribution is -0.143. The number of carbonyl (C=O) groups excluding carboxylic acids is 2. The number of aliphatic hydroxyl groups excluding tert-OH is 2. The Bertz CT molecular complexity index is 828. The Hall–Kier alpha value is -1.66. The van der Waals surface area contributed by atoms with Gasteiger partial charge in [0.05, 0.1) is 25.4 Å². The average molecular weight is 748 g/mol. The first-order valence-electron chi connectivity index (χ1n) is 23.1. The molecule has 1 amide bonds. The SMILES string of the molecule is CCCCCCCCC/C=C\CCCCCCCC(=O)OCCCC/C=C\CCCCCCC(=O)NC(CO)C(O)CCCCCCCCCCCC. The monoisotopic (exact) mass is 748 g/mol. The summed E-state index contributed by atoms with van der Waals surface area (Å²) in [7, 11) is 0. The third kappa shape index (κ3) is 39.8. The van der Waals surface area contributed by atoms with Gasteiger partial charge in [0.2, 0.25) is 5.91 Å². The molecule has 53 heavy (non-hydrogen) atoms. The molecule has 0 fully saturated rings. The molecule has 6 nitrogen and oxygen atoms in total. The van der Waals surface area contributed by atoms with Crippen LogP contribution in [0.15, 0.2) is 24.3 Å². The molecule has 0 saturated heterocycles. The highest BCUT2D eigenvalue weighted by molar-refractivity contribution is 5.76. The van der Waals surface area contributed by atoms with Gasteiger partial charge in [0.15, 0.2) is 0 Å². The molecule has 312 valence electrons. The molecule has 3 N–H and O–H groups in total. The van der Waals surface area contributed by atoms with Crippen LogP contribution in [0.1, 0.15) is 239 Å². The molecular weight excluding hydrogens is 659 g/mol. The summed E-state index contributed by atoms with van der Waals surface area (Å²) < 4.78 is 5.42. The van der Waals surface area contributed by atoms with Gasteiger partial charge in [-0.2, -0.15) is 0 Å². The Morgan fingerprint density at radius 1 is 0.509 bits per heavy atom. The second kappa shape index (κ2) is 43.1. The van der Waals surface area contributed by atoms with Crippen LogP contribution in [0.2, 0.25) is 0 Å². The number of allylic oxidation sites excluding steroid dienone is 4. The zero-order chi connectivity index (χ0) is 38.7. The minimum absolute atomic E-state index is 0.0447. The summed E-state index contributed by atoms with van der Waals surface area (Å²) in [4.78, 5) is 24.4. The molecule has 0 spiro atoms. The first-order chi connectivity index (χ1) is 26.0. The van der Waals surface area contributed by atoms with E-state index < -0.39 is 12.1 Å². The topological polar surface area (TPSA) is 95.9 Å². The largest absolute Gasteiger partial charge is 0.466 e. The lowest BCUT2D eigenvalue weighted by Crippen LogP contribution is -2.45. The first-order valence-corrected chi connectivity index (χ1v) is 23.1. The summed E-state index contributed by atoms with van der Waals surface area (Å²) in [5.41, 5.74) is 0. The maximum atomic E-state index is 12.4. The van der Waals surface area contributed by atoms with Gasteiger partial charge in [-0.05, 0) is 77.0 Å². The second-order valence-corrected chi connectivity index (χ2v) is 15.7. The molecular formula is C47H89NO5. The number of nitrogens with one attached hydrogen (secondary N) is 1. The van der Waals surface area contributed by atoms with Gasteiger partial charge in [-0.1, -0.05) is 173 Å². The number of aliphatic hydroxyl groups is 2. The highest BCUT2D eigenvalue weighted by Crippen LogP contribution is 2.14. The van der Waals surface area contributed by atoms with E-state index in [0.29, 0.717) is 25.9 Å².